The summed E-state index contributed by atoms with van der Waals surface area (Å²) in [5.74, 6) is 0.485. The zero-order chi connectivity index (χ0) is 28.0. The van der Waals surface area contributed by atoms with Crippen LogP contribution in [0.4, 0.5) is 16.2 Å². The molecule has 1 N–H and O–H groups in total. The minimum Gasteiger partial charge on any atom is -0.381 e. The van der Waals surface area contributed by atoms with Gasteiger partial charge >= 0.3 is 6.03 Å². The summed E-state index contributed by atoms with van der Waals surface area (Å²) in [6.07, 6.45) is 3.97. The van der Waals surface area contributed by atoms with Crippen LogP contribution in [0.5, 0.6) is 0 Å². The van der Waals surface area contributed by atoms with Gasteiger partial charge in [0.05, 0.1) is 13.2 Å². The summed E-state index contributed by atoms with van der Waals surface area (Å²) in [6, 6.07) is 17.9. The number of anilines is 2. The topological polar surface area (TPSA) is 57.3 Å². The number of piperidine rings is 1. The molecule has 2 amide bonds. The average Bonchev–Trinajstić information content (AvgIpc) is 2.98. The first kappa shape index (κ1) is 28.9. The van der Waals surface area contributed by atoms with Crippen molar-refractivity contribution in [1.29, 1.82) is 0 Å². The normalized spacial score (nSPS) is 19.9. The lowest BCUT2D eigenvalue weighted by molar-refractivity contribution is 0.0803. The summed E-state index contributed by atoms with van der Waals surface area (Å²) in [6.45, 7) is 15.5. The molecule has 0 aromatic heterocycles. The number of carbonyl (C=O) groups is 1. The van der Waals surface area contributed by atoms with Crippen LogP contribution >= 0.6 is 0 Å². The van der Waals surface area contributed by atoms with Gasteiger partial charge in [-0.3, -0.25) is 9.80 Å². The standard InChI is InChI=1S/C33H48N4O3/c1-33(2,3)28-6-4-26(5-7-28)24-35-16-12-27(13-17-35)25-37(32(38)34-29-14-20-39-21-15-29)31-10-8-30(9-11-31)36-18-22-40-23-19-36/h4-11,27,29H,12-25H2,1-3H3,(H,34,38). The molecule has 0 unspecified atom stereocenters. The highest BCUT2D eigenvalue weighted by molar-refractivity contribution is 5.92. The van der Waals surface area contributed by atoms with E-state index in [2.05, 4.69) is 84.4 Å². The van der Waals surface area contributed by atoms with E-state index in [1.165, 1.54) is 16.8 Å². The van der Waals surface area contributed by atoms with Crippen molar-refractivity contribution in [3.05, 3.63) is 59.7 Å². The molecule has 0 bridgehead atoms. The number of amides is 2. The van der Waals surface area contributed by atoms with Gasteiger partial charge in [0.1, 0.15) is 0 Å². The molecule has 0 spiro atoms. The van der Waals surface area contributed by atoms with E-state index < -0.39 is 0 Å². The second kappa shape index (κ2) is 13.4. The maximum Gasteiger partial charge on any atom is 0.322 e. The van der Waals surface area contributed by atoms with Gasteiger partial charge < -0.3 is 19.7 Å². The maximum absolute atomic E-state index is 13.6. The molecule has 5 rings (SSSR count). The van der Waals surface area contributed by atoms with Crippen LogP contribution in [0.15, 0.2) is 48.5 Å². The van der Waals surface area contributed by atoms with Gasteiger partial charge in [-0.2, -0.15) is 0 Å². The van der Waals surface area contributed by atoms with E-state index >= 15 is 0 Å². The van der Waals surface area contributed by atoms with E-state index in [0.29, 0.717) is 5.92 Å². The second-order valence-electron chi connectivity index (χ2n) is 12.7. The Balaban J connectivity index is 1.20. The van der Waals surface area contributed by atoms with E-state index in [-0.39, 0.29) is 17.5 Å². The number of urea groups is 1. The highest BCUT2D eigenvalue weighted by Gasteiger charge is 2.27. The van der Waals surface area contributed by atoms with Gasteiger partial charge in [-0.1, -0.05) is 45.0 Å². The van der Waals surface area contributed by atoms with Crippen LogP contribution in [-0.2, 0) is 21.4 Å². The Kier molecular flexibility index (Phi) is 9.66. The fourth-order valence-corrected chi connectivity index (χ4v) is 6.02. The SMILES string of the molecule is CC(C)(C)c1ccc(CN2CCC(CN(C(=O)NC3CCOCC3)c3ccc(N4CCOCC4)cc3)CC2)cc1. The maximum atomic E-state index is 13.6. The highest BCUT2D eigenvalue weighted by Crippen LogP contribution is 2.27. The third kappa shape index (κ3) is 7.77. The van der Waals surface area contributed by atoms with E-state index in [1.54, 1.807) is 0 Å². The number of nitrogens with zero attached hydrogens (tertiary/aromatic N) is 3. The molecule has 2 aromatic carbocycles. The summed E-state index contributed by atoms with van der Waals surface area (Å²) in [5.41, 5.74) is 5.11. The number of morpholine rings is 1. The number of likely N-dealkylation sites (tertiary alicyclic amines) is 1. The fraction of sp³-hybridized carbons (Fsp3) is 0.606. The van der Waals surface area contributed by atoms with Crippen molar-refractivity contribution in [1.82, 2.24) is 10.2 Å². The quantitative estimate of drug-likeness (QED) is 0.500. The third-order valence-corrected chi connectivity index (χ3v) is 8.71. The lowest BCUT2D eigenvalue weighted by Crippen LogP contribution is -2.49. The van der Waals surface area contributed by atoms with Gasteiger partial charge in [0.25, 0.3) is 0 Å². The summed E-state index contributed by atoms with van der Waals surface area (Å²) in [5, 5.41) is 3.31. The van der Waals surface area contributed by atoms with Crippen molar-refractivity contribution in [2.45, 2.75) is 64.5 Å². The Morgan fingerprint density at radius 3 is 2.10 bits per heavy atom. The number of hydrogen-bond acceptors (Lipinski definition) is 5. The molecule has 0 saturated carbocycles. The van der Waals surface area contributed by atoms with E-state index in [4.69, 9.17) is 9.47 Å². The number of carbonyl (C=O) groups excluding carboxylic acids is 1. The van der Waals surface area contributed by atoms with Crippen molar-refractivity contribution in [2.75, 3.05) is 69.0 Å². The Labute approximate surface area is 240 Å². The molecule has 218 valence electrons. The average molecular weight is 549 g/mol. The predicted molar refractivity (Wildman–Crippen MR) is 162 cm³/mol. The minimum atomic E-state index is 0.0207. The lowest BCUT2D eigenvalue weighted by atomic mass is 9.86. The summed E-state index contributed by atoms with van der Waals surface area (Å²) in [7, 11) is 0. The summed E-state index contributed by atoms with van der Waals surface area (Å²) >= 11 is 0. The van der Waals surface area contributed by atoms with Crippen LogP contribution in [0, 0.1) is 5.92 Å². The number of nitrogens with one attached hydrogen (secondary N) is 1. The fourth-order valence-electron chi connectivity index (χ4n) is 6.02. The molecule has 0 aliphatic carbocycles. The molecular weight excluding hydrogens is 500 g/mol. The van der Waals surface area contributed by atoms with Crippen molar-refractivity contribution in [2.24, 2.45) is 5.92 Å². The van der Waals surface area contributed by atoms with Crippen molar-refractivity contribution in [3.63, 3.8) is 0 Å². The Morgan fingerprint density at radius 1 is 0.850 bits per heavy atom. The van der Waals surface area contributed by atoms with Crippen molar-refractivity contribution in [3.8, 4) is 0 Å². The Bertz CT molecular complexity index is 1060. The largest absolute Gasteiger partial charge is 0.381 e. The first-order valence-corrected chi connectivity index (χ1v) is 15.3. The second-order valence-corrected chi connectivity index (χ2v) is 12.7. The van der Waals surface area contributed by atoms with Crippen LogP contribution in [-0.4, -0.2) is 76.1 Å². The molecule has 3 saturated heterocycles. The van der Waals surface area contributed by atoms with Crippen molar-refractivity contribution >= 4 is 17.4 Å². The Morgan fingerprint density at radius 2 is 1.48 bits per heavy atom. The number of ether oxygens (including phenoxy) is 2. The smallest absolute Gasteiger partial charge is 0.322 e. The van der Waals surface area contributed by atoms with Gasteiger partial charge in [-0.05, 0) is 85.5 Å². The molecule has 0 radical (unpaired) electrons. The van der Waals surface area contributed by atoms with Gasteiger partial charge in [0, 0.05) is 56.8 Å². The molecule has 3 aliphatic heterocycles. The molecular formula is C33H48N4O3. The molecule has 2 aromatic rings. The molecule has 3 fully saturated rings. The molecule has 3 heterocycles. The van der Waals surface area contributed by atoms with Gasteiger partial charge in [0.15, 0.2) is 0 Å². The number of benzene rings is 2. The lowest BCUT2D eigenvalue weighted by Gasteiger charge is -2.36. The Hall–Kier alpha value is -2.61. The number of rotatable bonds is 7. The molecule has 40 heavy (non-hydrogen) atoms. The summed E-state index contributed by atoms with van der Waals surface area (Å²) in [4.78, 5) is 20.5. The zero-order valence-electron chi connectivity index (χ0n) is 24.7. The highest BCUT2D eigenvalue weighted by atomic mass is 16.5. The van der Waals surface area contributed by atoms with Crippen LogP contribution < -0.4 is 15.1 Å². The number of hydrogen-bond donors (Lipinski definition) is 1. The third-order valence-electron chi connectivity index (χ3n) is 8.71. The zero-order valence-corrected chi connectivity index (χ0v) is 24.7. The minimum absolute atomic E-state index is 0.0207. The molecule has 7 heteroatoms. The monoisotopic (exact) mass is 548 g/mol. The predicted octanol–water partition coefficient (Wildman–Crippen LogP) is 5.43. The van der Waals surface area contributed by atoms with Gasteiger partial charge in [-0.25, -0.2) is 4.79 Å². The van der Waals surface area contributed by atoms with Gasteiger partial charge in [-0.15, -0.1) is 0 Å². The van der Waals surface area contributed by atoms with Crippen LogP contribution in [0.25, 0.3) is 0 Å². The van der Waals surface area contributed by atoms with Gasteiger partial charge in [0.2, 0.25) is 0 Å². The first-order chi connectivity index (χ1) is 19.3. The van der Waals surface area contributed by atoms with Crippen LogP contribution in [0.2, 0.25) is 0 Å². The molecule has 0 atom stereocenters. The molecule has 7 nitrogen and oxygen atoms in total. The van der Waals surface area contributed by atoms with E-state index in [0.717, 1.165) is 97.1 Å². The van der Waals surface area contributed by atoms with E-state index in [1.807, 2.05) is 4.90 Å². The van der Waals surface area contributed by atoms with Crippen LogP contribution in [0.3, 0.4) is 0 Å². The summed E-state index contributed by atoms with van der Waals surface area (Å²) < 4.78 is 11.0. The van der Waals surface area contributed by atoms with Crippen molar-refractivity contribution < 1.29 is 14.3 Å². The van der Waals surface area contributed by atoms with Crippen LogP contribution in [0.1, 0.15) is 57.6 Å². The van der Waals surface area contributed by atoms with E-state index in [9.17, 15) is 4.79 Å². The first-order valence-electron chi connectivity index (χ1n) is 15.3. The molecule has 3 aliphatic rings.